The third-order valence-corrected chi connectivity index (χ3v) is 5.50. The Hall–Kier alpha value is -2.51. The highest BCUT2D eigenvalue weighted by Crippen LogP contribution is 2.21. The summed E-state index contributed by atoms with van der Waals surface area (Å²) < 4.78 is 6.81. The molecule has 0 atom stereocenters. The Morgan fingerprint density at radius 3 is 2.86 bits per heavy atom. The van der Waals surface area contributed by atoms with E-state index in [0.717, 1.165) is 17.7 Å². The van der Waals surface area contributed by atoms with Gasteiger partial charge in [0, 0.05) is 18.1 Å². The van der Waals surface area contributed by atoms with Crippen molar-refractivity contribution in [3.05, 3.63) is 63.4 Å². The zero-order chi connectivity index (χ0) is 20.8. The molecule has 0 saturated carbocycles. The fraction of sp³-hybridized carbons (Fsp3) is 0.286. The molecule has 0 unspecified atom stereocenters. The molecule has 6 nitrogen and oxygen atoms in total. The van der Waals surface area contributed by atoms with Crippen molar-refractivity contribution in [1.29, 1.82) is 0 Å². The Kier molecular flexibility index (Phi) is 7.17. The van der Waals surface area contributed by atoms with Gasteiger partial charge in [-0.2, -0.15) is 0 Å². The van der Waals surface area contributed by atoms with E-state index in [0.29, 0.717) is 34.2 Å². The van der Waals surface area contributed by atoms with Gasteiger partial charge in [0.05, 0.1) is 23.8 Å². The van der Waals surface area contributed by atoms with Crippen LogP contribution in [0, 0.1) is 0 Å². The highest BCUT2D eigenvalue weighted by atomic mass is 35.5. The van der Waals surface area contributed by atoms with Crippen LogP contribution < -0.4 is 15.6 Å². The molecular weight excluding hydrogens is 410 g/mol. The zero-order valence-corrected chi connectivity index (χ0v) is 17.8. The fourth-order valence-electron chi connectivity index (χ4n) is 2.87. The Bertz CT molecular complexity index is 1080. The first-order valence-corrected chi connectivity index (χ1v) is 10.6. The van der Waals surface area contributed by atoms with Gasteiger partial charge in [0.2, 0.25) is 5.91 Å². The van der Waals surface area contributed by atoms with Gasteiger partial charge in [0.25, 0.3) is 5.56 Å². The third kappa shape index (κ3) is 5.31. The number of benzene rings is 2. The van der Waals surface area contributed by atoms with E-state index >= 15 is 0 Å². The van der Waals surface area contributed by atoms with Crippen LogP contribution in [0.3, 0.4) is 0 Å². The van der Waals surface area contributed by atoms with Gasteiger partial charge in [-0.15, -0.1) is 0 Å². The number of carbonyl (C=O) groups excluding carboxylic acids is 1. The van der Waals surface area contributed by atoms with E-state index in [-0.39, 0.29) is 17.2 Å². The van der Waals surface area contributed by atoms with E-state index in [1.54, 1.807) is 29.9 Å². The molecule has 0 aliphatic carbocycles. The molecule has 1 aromatic heterocycles. The number of fused-ring (bicyclic) bond motifs is 1. The molecule has 0 radical (unpaired) electrons. The first-order chi connectivity index (χ1) is 14.0. The molecule has 29 heavy (non-hydrogen) atoms. The molecule has 0 aliphatic rings. The molecule has 8 heteroatoms. The van der Waals surface area contributed by atoms with Crippen LogP contribution in [0.5, 0.6) is 5.75 Å². The molecule has 3 rings (SSSR count). The standard InChI is InChI=1S/C21H22ClN3O3S/c1-3-9-25-20(27)17-8-7-15(22)11-18(17)24-21(25)29-13-19(26)23-12-14-5-4-6-16(10-14)28-2/h4-8,10-11H,3,9,12-13H2,1-2H3,(H,23,26). The molecule has 0 bridgehead atoms. The van der Waals surface area contributed by atoms with Crippen LogP contribution in [0.4, 0.5) is 0 Å². The fourth-order valence-corrected chi connectivity index (χ4v) is 3.89. The summed E-state index contributed by atoms with van der Waals surface area (Å²) in [6.45, 7) is 2.94. The van der Waals surface area contributed by atoms with Crippen LogP contribution >= 0.6 is 23.4 Å². The second-order valence-corrected chi connectivity index (χ2v) is 7.81. The minimum Gasteiger partial charge on any atom is -0.497 e. The summed E-state index contributed by atoms with van der Waals surface area (Å²) in [4.78, 5) is 29.7. The average molecular weight is 432 g/mol. The maximum Gasteiger partial charge on any atom is 0.262 e. The number of ether oxygens (including phenoxy) is 1. The molecule has 2 aromatic carbocycles. The number of amides is 1. The number of nitrogens with zero attached hydrogens (tertiary/aromatic N) is 2. The van der Waals surface area contributed by atoms with Crippen molar-refractivity contribution < 1.29 is 9.53 Å². The second kappa shape index (κ2) is 9.80. The SMILES string of the molecule is CCCn1c(SCC(=O)NCc2cccc(OC)c2)nc2cc(Cl)ccc2c1=O. The predicted molar refractivity (Wildman–Crippen MR) is 117 cm³/mol. The van der Waals surface area contributed by atoms with Gasteiger partial charge < -0.3 is 10.1 Å². The van der Waals surface area contributed by atoms with Crippen molar-refractivity contribution >= 4 is 40.2 Å². The van der Waals surface area contributed by atoms with Crippen LogP contribution in [0.15, 0.2) is 52.4 Å². The summed E-state index contributed by atoms with van der Waals surface area (Å²) in [6.07, 6.45) is 0.788. The number of hydrogen-bond donors (Lipinski definition) is 1. The number of carbonyl (C=O) groups is 1. The summed E-state index contributed by atoms with van der Waals surface area (Å²) in [5.41, 5.74) is 1.37. The monoisotopic (exact) mass is 431 g/mol. The van der Waals surface area contributed by atoms with Gasteiger partial charge >= 0.3 is 0 Å². The zero-order valence-electron chi connectivity index (χ0n) is 16.3. The van der Waals surface area contributed by atoms with Crippen LogP contribution in [-0.4, -0.2) is 28.3 Å². The van der Waals surface area contributed by atoms with Crippen molar-refractivity contribution in [1.82, 2.24) is 14.9 Å². The van der Waals surface area contributed by atoms with E-state index in [9.17, 15) is 9.59 Å². The number of nitrogens with one attached hydrogen (secondary N) is 1. The van der Waals surface area contributed by atoms with Gasteiger partial charge in [-0.1, -0.05) is 42.4 Å². The van der Waals surface area contributed by atoms with Crippen molar-refractivity contribution in [2.75, 3.05) is 12.9 Å². The first-order valence-electron chi connectivity index (χ1n) is 9.24. The maximum absolute atomic E-state index is 12.8. The first kappa shape index (κ1) is 21.2. The summed E-state index contributed by atoms with van der Waals surface area (Å²) in [6, 6.07) is 12.6. The summed E-state index contributed by atoms with van der Waals surface area (Å²) in [5, 5.41) is 4.44. The van der Waals surface area contributed by atoms with E-state index in [1.807, 2.05) is 31.2 Å². The number of rotatable bonds is 8. The molecule has 1 heterocycles. The Labute approximate surface area is 178 Å². The normalized spacial score (nSPS) is 10.9. The molecule has 0 aliphatic heterocycles. The molecule has 0 saturated heterocycles. The highest BCUT2D eigenvalue weighted by molar-refractivity contribution is 7.99. The number of methoxy groups -OCH3 is 1. The Balaban J connectivity index is 1.72. The lowest BCUT2D eigenvalue weighted by atomic mass is 10.2. The number of aromatic nitrogens is 2. The van der Waals surface area contributed by atoms with Gasteiger partial charge in [-0.25, -0.2) is 4.98 Å². The quantitative estimate of drug-likeness (QED) is 0.433. The third-order valence-electron chi connectivity index (χ3n) is 4.29. The van der Waals surface area contributed by atoms with E-state index in [2.05, 4.69) is 10.3 Å². The van der Waals surface area contributed by atoms with E-state index < -0.39 is 0 Å². The summed E-state index contributed by atoms with van der Waals surface area (Å²) in [7, 11) is 1.61. The molecule has 3 aromatic rings. The second-order valence-electron chi connectivity index (χ2n) is 6.43. The van der Waals surface area contributed by atoms with Crippen molar-refractivity contribution in [2.45, 2.75) is 31.6 Å². The molecule has 152 valence electrons. The van der Waals surface area contributed by atoms with Gasteiger partial charge in [-0.05, 0) is 42.3 Å². The Morgan fingerprint density at radius 2 is 2.10 bits per heavy atom. The molecule has 0 spiro atoms. The molecule has 1 N–H and O–H groups in total. The number of hydrogen-bond acceptors (Lipinski definition) is 5. The largest absolute Gasteiger partial charge is 0.497 e. The molecular formula is C21H22ClN3O3S. The van der Waals surface area contributed by atoms with Crippen LogP contribution in [0.1, 0.15) is 18.9 Å². The number of halogens is 1. The maximum atomic E-state index is 12.8. The Morgan fingerprint density at radius 1 is 1.28 bits per heavy atom. The van der Waals surface area contributed by atoms with Crippen molar-refractivity contribution in [2.24, 2.45) is 0 Å². The lowest BCUT2D eigenvalue weighted by molar-refractivity contribution is -0.118. The van der Waals surface area contributed by atoms with E-state index in [1.165, 1.54) is 11.8 Å². The average Bonchev–Trinajstić information content (AvgIpc) is 2.73. The summed E-state index contributed by atoms with van der Waals surface area (Å²) in [5.74, 6) is 0.765. The van der Waals surface area contributed by atoms with Crippen LogP contribution in [-0.2, 0) is 17.9 Å². The topological polar surface area (TPSA) is 73.2 Å². The lowest BCUT2D eigenvalue weighted by Crippen LogP contribution is -2.26. The summed E-state index contributed by atoms with van der Waals surface area (Å²) >= 11 is 7.29. The predicted octanol–water partition coefficient (Wildman–Crippen LogP) is 3.88. The van der Waals surface area contributed by atoms with Gasteiger partial charge in [-0.3, -0.25) is 14.2 Å². The van der Waals surface area contributed by atoms with E-state index in [4.69, 9.17) is 16.3 Å². The van der Waals surface area contributed by atoms with Gasteiger partial charge in [0.15, 0.2) is 5.16 Å². The molecule has 1 amide bonds. The lowest BCUT2D eigenvalue weighted by Gasteiger charge is -2.12. The van der Waals surface area contributed by atoms with Crippen LogP contribution in [0.2, 0.25) is 5.02 Å². The minimum absolute atomic E-state index is 0.118. The van der Waals surface area contributed by atoms with Crippen molar-refractivity contribution in [3.63, 3.8) is 0 Å². The minimum atomic E-state index is -0.138. The number of thioether (sulfide) groups is 1. The smallest absolute Gasteiger partial charge is 0.262 e. The molecule has 0 fully saturated rings. The highest BCUT2D eigenvalue weighted by Gasteiger charge is 2.13. The van der Waals surface area contributed by atoms with Gasteiger partial charge in [0.1, 0.15) is 5.75 Å². The van der Waals surface area contributed by atoms with Crippen molar-refractivity contribution in [3.8, 4) is 5.75 Å². The van der Waals surface area contributed by atoms with Crippen LogP contribution in [0.25, 0.3) is 10.9 Å².